The van der Waals surface area contributed by atoms with E-state index in [2.05, 4.69) is 16.9 Å². The predicted octanol–water partition coefficient (Wildman–Crippen LogP) is 5.13. The van der Waals surface area contributed by atoms with Gasteiger partial charge in [0.05, 0.1) is 7.11 Å². The first-order valence-corrected chi connectivity index (χ1v) is 10.6. The lowest BCUT2D eigenvalue weighted by Gasteiger charge is -2.30. The van der Waals surface area contributed by atoms with Crippen molar-refractivity contribution >= 4 is 5.91 Å². The average Bonchev–Trinajstić information content (AvgIpc) is 2.81. The van der Waals surface area contributed by atoms with Gasteiger partial charge < -0.3 is 14.4 Å². The summed E-state index contributed by atoms with van der Waals surface area (Å²) in [6, 6.07) is 15.3. The minimum Gasteiger partial charge on any atom is -0.493 e. The van der Waals surface area contributed by atoms with E-state index in [0.717, 1.165) is 37.1 Å². The third-order valence-corrected chi connectivity index (χ3v) is 5.61. The van der Waals surface area contributed by atoms with Gasteiger partial charge in [-0.1, -0.05) is 43.3 Å². The molecule has 1 aliphatic rings. The summed E-state index contributed by atoms with van der Waals surface area (Å²) in [4.78, 5) is 24.3. The van der Waals surface area contributed by atoms with Crippen LogP contribution in [0.1, 0.15) is 35.7 Å². The summed E-state index contributed by atoms with van der Waals surface area (Å²) in [5.74, 6) is 2.36. The third-order valence-electron chi connectivity index (χ3n) is 5.61. The molecular formula is C25H27N3O3. The van der Waals surface area contributed by atoms with Crippen molar-refractivity contribution in [2.24, 2.45) is 5.92 Å². The molecule has 3 aromatic rings. The quantitative estimate of drug-likeness (QED) is 0.576. The van der Waals surface area contributed by atoms with Gasteiger partial charge in [0.25, 0.3) is 5.91 Å². The molecule has 0 bridgehead atoms. The summed E-state index contributed by atoms with van der Waals surface area (Å²) >= 11 is 0. The Labute approximate surface area is 182 Å². The molecule has 2 aromatic carbocycles. The number of aryl methyl sites for hydroxylation is 1. The second kappa shape index (κ2) is 9.16. The molecular weight excluding hydrogens is 390 g/mol. The molecule has 1 aliphatic heterocycles. The standard InChI is InChI=1S/C25H27N3O3/c1-17-11-13-28(14-12-17)25(29)20-16-26-23(19-7-5-4-6-8-19)27-24(20)31-21-10-9-18(2)15-22(21)30-3/h4-10,15-17H,11-14H2,1-3H3. The lowest BCUT2D eigenvalue weighted by molar-refractivity contribution is 0.0693. The molecule has 1 saturated heterocycles. The van der Waals surface area contributed by atoms with Gasteiger partial charge in [-0.05, 0) is 43.4 Å². The van der Waals surface area contributed by atoms with Crippen molar-refractivity contribution in [1.29, 1.82) is 0 Å². The maximum atomic E-state index is 13.3. The molecule has 6 heteroatoms. The summed E-state index contributed by atoms with van der Waals surface area (Å²) in [5, 5.41) is 0. The van der Waals surface area contributed by atoms with Crippen LogP contribution in [0.3, 0.4) is 0 Å². The molecule has 0 aliphatic carbocycles. The van der Waals surface area contributed by atoms with Crippen molar-refractivity contribution < 1.29 is 14.3 Å². The second-order valence-electron chi connectivity index (χ2n) is 8.01. The number of carbonyl (C=O) groups is 1. The Morgan fingerprint density at radius 3 is 2.52 bits per heavy atom. The number of hydrogen-bond donors (Lipinski definition) is 0. The Morgan fingerprint density at radius 2 is 1.81 bits per heavy atom. The molecule has 0 atom stereocenters. The zero-order valence-electron chi connectivity index (χ0n) is 18.2. The summed E-state index contributed by atoms with van der Waals surface area (Å²) < 4.78 is 11.6. The minimum atomic E-state index is -0.104. The second-order valence-corrected chi connectivity index (χ2v) is 8.01. The number of rotatable bonds is 5. The molecule has 4 rings (SSSR count). The van der Waals surface area contributed by atoms with Gasteiger partial charge in [-0.3, -0.25) is 4.79 Å². The van der Waals surface area contributed by atoms with Crippen LogP contribution in [0.5, 0.6) is 17.4 Å². The van der Waals surface area contributed by atoms with E-state index in [1.165, 1.54) is 0 Å². The maximum absolute atomic E-state index is 13.3. The smallest absolute Gasteiger partial charge is 0.260 e. The normalized spacial score (nSPS) is 14.4. The molecule has 0 N–H and O–H groups in total. The zero-order chi connectivity index (χ0) is 21.8. The third kappa shape index (κ3) is 4.68. The highest BCUT2D eigenvalue weighted by molar-refractivity contribution is 5.96. The first kappa shape index (κ1) is 20.8. The average molecular weight is 418 g/mol. The largest absolute Gasteiger partial charge is 0.493 e. The Kier molecular flexibility index (Phi) is 6.16. The highest BCUT2D eigenvalue weighted by Gasteiger charge is 2.26. The SMILES string of the molecule is COc1cc(C)ccc1Oc1nc(-c2ccccc2)ncc1C(=O)N1CCC(C)CC1. The number of methoxy groups -OCH3 is 1. The Bertz CT molecular complexity index is 1060. The van der Waals surface area contributed by atoms with Gasteiger partial charge in [-0.25, -0.2) is 4.98 Å². The van der Waals surface area contributed by atoms with Crippen LogP contribution >= 0.6 is 0 Å². The number of carbonyl (C=O) groups excluding carboxylic acids is 1. The van der Waals surface area contributed by atoms with E-state index in [1.54, 1.807) is 13.3 Å². The monoisotopic (exact) mass is 417 g/mol. The molecule has 0 radical (unpaired) electrons. The minimum absolute atomic E-state index is 0.104. The van der Waals surface area contributed by atoms with Crippen LogP contribution in [0.4, 0.5) is 0 Å². The van der Waals surface area contributed by atoms with Crippen LogP contribution in [0.25, 0.3) is 11.4 Å². The number of aromatic nitrogens is 2. The zero-order valence-corrected chi connectivity index (χ0v) is 18.2. The van der Waals surface area contributed by atoms with Crippen LogP contribution < -0.4 is 9.47 Å². The predicted molar refractivity (Wildman–Crippen MR) is 120 cm³/mol. The lowest BCUT2D eigenvalue weighted by Crippen LogP contribution is -2.38. The van der Waals surface area contributed by atoms with Gasteiger partial charge in [0.2, 0.25) is 5.88 Å². The number of benzene rings is 2. The van der Waals surface area contributed by atoms with Crippen LogP contribution in [-0.4, -0.2) is 41.0 Å². The number of ether oxygens (including phenoxy) is 2. The fourth-order valence-electron chi connectivity index (χ4n) is 3.66. The van der Waals surface area contributed by atoms with E-state index in [0.29, 0.717) is 28.8 Å². The van der Waals surface area contributed by atoms with E-state index in [4.69, 9.17) is 9.47 Å². The van der Waals surface area contributed by atoms with Crippen LogP contribution in [0.2, 0.25) is 0 Å². The van der Waals surface area contributed by atoms with Crippen LogP contribution in [-0.2, 0) is 0 Å². The maximum Gasteiger partial charge on any atom is 0.260 e. The van der Waals surface area contributed by atoms with E-state index >= 15 is 0 Å². The summed E-state index contributed by atoms with van der Waals surface area (Å²) in [6.45, 7) is 5.66. The molecule has 0 unspecified atom stereocenters. The molecule has 160 valence electrons. The molecule has 0 saturated carbocycles. The molecule has 1 fully saturated rings. The van der Waals surface area contributed by atoms with E-state index in [1.807, 2.05) is 60.4 Å². The number of likely N-dealkylation sites (tertiary alicyclic amines) is 1. The summed E-state index contributed by atoms with van der Waals surface area (Å²) in [5.41, 5.74) is 2.27. The fourth-order valence-corrected chi connectivity index (χ4v) is 3.66. The van der Waals surface area contributed by atoms with Crippen LogP contribution in [0.15, 0.2) is 54.7 Å². The topological polar surface area (TPSA) is 64.5 Å². The molecule has 1 aromatic heterocycles. The lowest BCUT2D eigenvalue weighted by atomic mass is 9.99. The van der Waals surface area contributed by atoms with Gasteiger partial charge in [0.1, 0.15) is 5.56 Å². The number of amides is 1. The molecule has 6 nitrogen and oxygen atoms in total. The van der Waals surface area contributed by atoms with Crippen molar-refractivity contribution in [2.45, 2.75) is 26.7 Å². The fraction of sp³-hybridized carbons (Fsp3) is 0.320. The Hall–Kier alpha value is -3.41. The van der Waals surface area contributed by atoms with E-state index in [9.17, 15) is 4.79 Å². The van der Waals surface area contributed by atoms with Gasteiger partial charge in [0.15, 0.2) is 17.3 Å². The van der Waals surface area contributed by atoms with Crippen molar-refractivity contribution in [1.82, 2.24) is 14.9 Å². The highest BCUT2D eigenvalue weighted by atomic mass is 16.5. The molecule has 2 heterocycles. The molecule has 1 amide bonds. The summed E-state index contributed by atoms with van der Waals surface area (Å²) in [7, 11) is 1.60. The summed E-state index contributed by atoms with van der Waals surface area (Å²) in [6.07, 6.45) is 3.57. The first-order valence-electron chi connectivity index (χ1n) is 10.6. The first-order chi connectivity index (χ1) is 15.0. The van der Waals surface area contributed by atoms with Crippen molar-refractivity contribution in [3.05, 3.63) is 65.9 Å². The van der Waals surface area contributed by atoms with Gasteiger partial charge in [-0.2, -0.15) is 4.98 Å². The molecule has 31 heavy (non-hydrogen) atoms. The van der Waals surface area contributed by atoms with Gasteiger partial charge >= 0.3 is 0 Å². The number of nitrogens with zero attached hydrogens (tertiary/aromatic N) is 3. The van der Waals surface area contributed by atoms with Gasteiger partial charge in [0, 0.05) is 24.8 Å². The molecule has 0 spiro atoms. The van der Waals surface area contributed by atoms with Gasteiger partial charge in [-0.15, -0.1) is 0 Å². The van der Waals surface area contributed by atoms with E-state index in [-0.39, 0.29) is 11.8 Å². The Balaban J connectivity index is 1.73. The number of hydrogen-bond acceptors (Lipinski definition) is 5. The van der Waals surface area contributed by atoms with Crippen molar-refractivity contribution in [3.63, 3.8) is 0 Å². The number of piperidine rings is 1. The van der Waals surface area contributed by atoms with E-state index < -0.39 is 0 Å². The van der Waals surface area contributed by atoms with Crippen molar-refractivity contribution in [2.75, 3.05) is 20.2 Å². The Morgan fingerprint density at radius 1 is 1.06 bits per heavy atom. The van der Waals surface area contributed by atoms with Crippen LogP contribution in [0, 0.1) is 12.8 Å². The van der Waals surface area contributed by atoms with Crippen molar-refractivity contribution in [3.8, 4) is 28.8 Å². The highest BCUT2D eigenvalue weighted by Crippen LogP contribution is 2.34.